The molecule has 1 amide bonds. The summed E-state index contributed by atoms with van der Waals surface area (Å²) in [6.45, 7) is 32.4. The molecule has 22 heteroatoms. The van der Waals surface area contributed by atoms with Gasteiger partial charge in [-0.2, -0.15) is 0 Å². The third-order valence-corrected chi connectivity index (χ3v) is 23.8. The van der Waals surface area contributed by atoms with Gasteiger partial charge in [0.1, 0.15) is 0 Å². The number of imidazole rings is 2. The molecule has 2 aromatic heterocycles. The quantitative estimate of drug-likeness (QED) is 0.0293. The topological polar surface area (TPSA) is 200 Å². The maximum absolute atomic E-state index is 12.2. The van der Waals surface area contributed by atoms with Crippen molar-refractivity contribution in [3.05, 3.63) is 83.7 Å². The number of benzene rings is 2. The number of carbonyl (C=O) groups excluding carboxylic acids is 2. The molecule has 0 radical (unpaired) electrons. The van der Waals surface area contributed by atoms with E-state index >= 15 is 0 Å². The Morgan fingerprint density at radius 1 is 0.738 bits per heavy atom. The zero-order valence-corrected chi connectivity index (χ0v) is 51.3. The number of nitrogens with two attached hydrogens (primary N) is 1. The number of hydrogen-bond acceptors (Lipinski definition) is 13. The van der Waals surface area contributed by atoms with E-state index in [4.69, 9.17) is 47.8 Å². The van der Waals surface area contributed by atoms with Crippen molar-refractivity contribution in [2.75, 3.05) is 51.7 Å². The van der Waals surface area contributed by atoms with Crippen LogP contribution in [0.3, 0.4) is 0 Å². The van der Waals surface area contributed by atoms with Crippen LogP contribution in [-0.4, -0.2) is 142 Å². The number of alkyl halides is 1. The zero-order chi connectivity index (χ0) is 56.9. The number of hydrogen-bond donors (Lipinski definition) is 3. The molecule has 2 aliphatic rings. The van der Waals surface area contributed by atoms with Crippen molar-refractivity contribution in [2.45, 2.75) is 171 Å². The number of carbonyl (C=O) groups is 2. The standard InChI is InChI=1S/C27H42BN5O3Si.C22H35BN4O2Si.C3H7N.C2H2Cl2O.4CH4/c1-20(36-37(6,7)27(2,3)4)26-31-24(17-32(26)5)22-11-9-21(10-12-22)15-23(30-19-28-35)16-29-25(34)18-33-13-8-14-33;1-16(29-30(6,7)22(2,3)4)21-26-20(14-27(21)5)18-10-8-17(9-11-18)12-19(13-24)25-15-23-28;1-2-4-3-1;3-1-2(4)5;;;;/h9-12,17,19-20,23H,8,13-16,18H2,1-7H3,(H,29,34);8-11,14-16,19H,12-13,24H2,1-7H3;4H,1-3H2;1H2;4*1H4. The number of aryl methyl sites for hydroxylation is 2. The molecule has 448 valence electrons. The molecular weight excluding hydrogens is 1080 g/mol. The summed E-state index contributed by atoms with van der Waals surface area (Å²) in [4.78, 5) is 42.0. The summed E-state index contributed by atoms with van der Waals surface area (Å²) < 4.78 is 38.5. The van der Waals surface area contributed by atoms with Crippen LogP contribution in [0.15, 0.2) is 70.9 Å². The molecule has 80 heavy (non-hydrogen) atoms. The molecular formula is C58H102B2Cl2N10O6Si2. The molecule has 6 rings (SSSR count). The van der Waals surface area contributed by atoms with Crippen molar-refractivity contribution < 1.29 is 27.9 Å². The number of halogens is 2. The molecule has 0 aliphatic carbocycles. The van der Waals surface area contributed by atoms with E-state index in [1.165, 1.54) is 31.7 Å². The monoisotopic (exact) mass is 1180 g/mol. The van der Waals surface area contributed by atoms with Gasteiger partial charge in [0.05, 0.1) is 5.88 Å². The van der Waals surface area contributed by atoms with Crippen LogP contribution in [0.1, 0.15) is 133 Å². The Balaban J connectivity index is 0. The van der Waals surface area contributed by atoms with Crippen LogP contribution in [0.25, 0.3) is 22.5 Å². The fourth-order valence-corrected chi connectivity index (χ4v) is 10.1. The second-order valence-electron chi connectivity index (χ2n) is 22.5. The fourth-order valence-electron chi connectivity index (χ4n) is 7.40. The molecule has 4 aromatic rings. The Bertz CT molecular complexity index is 2490. The third-order valence-electron chi connectivity index (χ3n) is 14.2. The molecule has 2 aliphatic heterocycles. The van der Waals surface area contributed by atoms with Gasteiger partial charge >= 0.3 is 288 Å². The number of aromatic nitrogens is 4. The van der Waals surface area contributed by atoms with Crippen molar-refractivity contribution in [1.29, 1.82) is 0 Å². The molecule has 0 saturated carbocycles. The number of amides is 1. The van der Waals surface area contributed by atoms with Crippen LogP contribution in [0, 0.1) is 0 Å². The van der Waals surface area contributed by atoms with Crippen molar-refractivity contribution in [2.24, 2.45) is 29.8 Å². The normalized spacial score (nSPS) is 14.7. The summed E-state index contributed by atoms with van der Waals surface area (Å²) in [6.07, 6.45) is 10.3. The fraction of sp³-hybridized carbons (Fsp3) is 0.621. The minimum atomic E-state index is -1.91. The van der Waals surface area contributed by atoms with E-state index in [1.54, 1.807) is 0 Å². The summed E-state index contributed by atoms with van der Waals surface area (Å²) in [5, 5.41) is 5.85. The van der Waals surface area contributed by atoms with E-state index < -0.39 is 21.9 Å². The van der Waals surface area contributed by atoms with Crippen molar-refractivity contribution in [3.63, 3.8) is 0 Å². The summed E-state index contributed by atoms with van der Waals surface area (Å²) >= 11 is 9.55. The molecule has 0 spiro atoms. The number of likely N-dealkylation sites (tertiary alicyclic amines) is 1. The van der Waals surface area contributed by atoms with Crippen LogP contribution in [-0.2, 0) is 54.8 Å². The van der Waals surface area contributed by atoms with Gasteiger partial charge in [-0.15, -0.1) is 11.6 Å². The molecule has 2 aromatic carbocycles. The maximum atomic E-state index is 12.2. The smallest absolute Gasteiger partial charge is 0.280 e. The predicted molar refractivity (Wildman–Crippen MR) is 345 cm³/mol. The first-order chi connectivity index (χ1) is 35.6. The van der Waals surface area contributed by atoms with Crippen LogP contribution in [0.5, 0.6) is 0 Å². The van der Waals surface area contributed by atoms with Crippen molar-refractivity contribution in [1.82, 2.24) is 34.6 Å². The summed E-state index contributed by atoms with van der Waals surface area (Å²) in [7, 11) is 1.59. The second kappa shape index (κ2) is 37.2. The van der Waals surface area contributed by atoms with E-state index in [2.05, 4.69) is 160 Å². The minimum absolute atomic E-state index is 0. The summed E-state index contributed by atoms with van der Waals surface area (Å²) in [5.41, 5.74) is 11.9. The Kier molecular flexibility index (Phi) is 36.2. The Labute approximate surface area is 496 Å². The average molecular weight is 1180 g/mol. The van der Waals surface area contributed by atoms with Gasteiger partial charge in [-0.05, 0) is 81.2 Å². The van der Waals surface area contributed by atoms with Gasteiger partial charge in [-0.1, -0.05) is 71.2 Å². The molecule has 2 fully saturated rings. The Morgan fingerprint density at radius 3 is 1.40 bits per heavy atom. The van der Waals surface area contributed by atoms with Crippen LogP contribution in [0.2, 0.25) is 36.3 Å². The molecule has 0 bridgehead atoms. The van der Waals surface area contributed by atoms with Gasteiger partial charge < -0.3 is 14.2 Å². The molecule has 16 nitrogen and oxygen atoms in total. The summed E-state index contributed by atoms with van der Waals surface area (Å²) in [5.74, 6) is 1.76. The average Bonchev–Trinajstić information content (AvgIpc) is 3.91. The minimum Gasteiger partial charge on any atom is -0.280 e. The first-order valence-corrected chi connectivity index (χ1v) is 33.1. The molecule has 4 atom stereocenters. The van der Waals surface area contributed by atoms with E-state index in [-0.39, 0.29) is 75.9 Å². The number of nitrogens with one attached hydrogen (secondary N) is 2. The van der Waals surface area contributed by atoms with Gasteiger partial charge in [0, 0.05) is 0 Å². The molecule has 4 unspecified atom stereocenters. The van der Waals surface area contributed by atoms with Crippen LogP contribution in [0.4, 0.5) is 0 Å². The first kappa shape index (κ1) is 78.0. The van der Waals surface area contributed by atoms with Gasteiger partial charge in [-0.25, -0.2) is 0 Å². The van der Waals surface area contributed by atoms with E-state index in [9.17, 15) is 19.0 Å². The second-order valence-corrected chi connectivity index (χ2v) is 32.7. The van der Waals surface area contributed by atoms with Crippen molar-refractivity contribution >= 4 is 77.5 Å². The van der Waals surface area contributed by atoms with Gasteiger partial charge in [0.2, 0.25) is 5.24 Å². The SMILES string of the molecule is C.C.C.C.C1CNC1.CC(O[Si](C)(C)C(C)(C)C)c1nc(-c2ccc(CC(CN)N=CB=O)cc2)cn1C.CC(O[Si](C)(C)C(C)(C)C)c1nc(-c2ccc(CC(CNC(=O)CN3CCC3)N=CB=O)cc2)cn1C.O=C(Cl)CCl. The summed E-state index contributed by atoms with van der Waals surface area (Å²) in [6, 6.07) is 16.2. The number of aliphatic imine (C=N–C) groups is 2. The van der Waals surface area contributed by atoms with Crippen LogP contribution >= 0.6 is 23.2 Å². The van der Waals surface area contributed by atoms with Gasteiger partial charge in [-0.3, -0.25) is 4.79 Å². The Morgan fingerprint density at radius 2 is 1.10 bits per heavy atom. The predicted octanol–water partition coefficient (Wildman–Crippen LogP) is 11.6. The zero-order valence-electron chi connectivity index (χ0n) is 47.8. The molecule has 4 N–H and O–H groups in total. The van der Waals surface area contributed by atoms with Gasteiger partial charge in [0.25, 0.3) is 0 Å². The number of nitrogens with zero attached hydrogens (tertiary/aromatic N) is 7. The number of rotatable bonds is 22. The van der Waals surface area contributed by atoms with E-state index in [0.29, 0.717) is 46.8 Å². The van der Waals surface area contributed by atoms with E-state index in [0.717, 1.165) is 64.8 Å². The Hall–Kier alpha value is -4.12. The van der Waals surface area contributed by atoms with E-state index in [1.807, 2.05) is 31.1 Å². The third kappa shape index (κ3) is 26.0. The van der Waals surface area contributed by atoms with Crippen LogP contribution < -0.4 is 16.4 Å². The molecule has 2 saturated heterocycles. The molecule has 4 heterocycles. The first-order valence-electron chi connectivity index (χ1n) is 26.3. The van der Waals surface area contributed by atoms with Crippen molar-refractivity contribution in [3.8, 4) is 22.5 Å². The van der Waals surface area contributed by atoms with Gasteiger partial charge in [0.15, 0.2) is 16.6 Å².